The Morgan fingerprint density at radius 1 is 1.14 bits per heavy atom. The summed E-state index contributed by atoms with van der Waals surface area (Å²) < 4.78 is 0. The second kappa shape index (κ2) is 4.78. The summed E-state index contributed by atoms with van der Waals surface area (Å²) in [6.45, 7) is 2.45. The van der Waals surface area contributed by atoms with E-state index < -0.39 is 0 Å². The van der Waals surface area contributed by atoms with Crippen LogP contribution in [0, 0.1) is 0 Å². The van der Waals surface area contributed by atoms with Crippen molar-refractivity contribution < 1.29 is 4.79 Å². The first-order valence-corrected chi connectivity index (χ1v) is 5.88. The average molecular weight is 196 g/mol. The van der Waals surface area contributed by atoms with Gasteiger partial charge in [-0.15, -0.1) is 0 Å². The molecule has 1 amide bonds. The third kappa shape index (κ3) is 2.27. The van der Waals surface area contributed by atoms with E-state index in [0.29, 0.717) is 18.5 Å². The lowest BCUT2D eigenvalue weighted by Gasteiger charge is -2.34. The van der Waals surface area contributed by atoms with Gasteiger partial charge in [0.25, 0.3) is 0 Å². The van der Waals surface area contributed by atoms with Crippen LogP contribution in [0.2, 0.25) is 0 Å². The molecule has 14 heavy (non-hydrogen) atoms. The number of hydrogen-bond acceptors (Lipinski definition) is 2. The molecule has 0 aromatic heterocycles. The number of rotatable bonds is 1. The van der Waals surface area contributed by atoms with Gasteiger partial charge in [0.1, 0.15) is 0 Å². The second-order valence-corrected chi connectivity index (χ2v) is 4.41. The van der Waals surface area contributed by atoms with Crippen LogP contribution in [-0.2, 0) is 4.79 Å². The summed E-state index contributed by atoms with van der Waals surface area (Å²) >= 11 is 0. The van der Waals surface area contributed by atoms with Gasteiger partial charge in [-0.3, -0.25) is 4.79 Å². The summed E-state index contributed by atoms with van der Waals surface area (Å²) in [5.41, 5.74) is 0. The minimum Gasteiger partial charge on any atom is -0.337 e. The molecule has 3 nitrogen and oxygen atoms in total. The molecule has 1 saturated carbocycles. The van der Waals surface area contributed by atoms with Crippen LogP contribution < -0.4 is 5.32 Å². The van der Waals surface area contributed by atoms with E-state index in [0.717, 1.165) is 13.1 Å². The largest absolute Gasteiger partial charge is 0.337 e. The number of hydrogen-bond donors (Lipinski definition) is 1. The third-order valence-corrected chi connectivity index (χ3v) is 3.39. The van der Waals surface area contributed by atoms with Crippen molar-refractivity contribution >= 4 is 5.91 Å². The zero-order valence-corrected chi connectivity index (χ0v) is 8.80. The van der Waals surface area contributed by atoms with Crippen molar-refractivity contribution in [1.29, 1.82) is 0 Å². The van der Waals surface area contributed by atoms with Crippen LogP contribution in [0.4, 0.5) is 0 Å². The molecule has 1 aliphatic carbocycles. The summed E-state index contributed by atoms with van der Waals surface area (Å²) in [4.78, 5) is 13.8. The molecule has 0 spiro atoms. The maximum absolute atomic E-state index is 11.7. The Balaban J connectivity index is 1.93. The fourth-order valence-electron chi connectivity index (χ4n) is 2.58. The van der Waals surface area contributed by atoms with Crippen LogP contribution in [0.25, 0.3) is 0 Å². The van der Waals surface area contributed by atoms with Gasteiger partial charge in [-0.05, 0) is 12.8 Å². The Labute approximate surface area is 85.8 Å². The highest BCUT2D eigenvalue weighted by atomic mass is 16.2. The number of nitrogens with one attached hydrogen (secondary N) is 1. The maximum Gasteiger partial charge on any atom is 0.236 e. The zero-order valence-electron chi connectivity index (χ0n) is 8.80. The number of piperazine rings is 1. The molecule has 2 aliphatic rings. The molecule has 80 valence electrons. The van der Waals surface area contributed by atoms with E-state index in [2.05, 4.69) is 10.2 Å². The van der Waals surface area contributed by atoms with Crippen LogP contribution in [0.1, 0.15) is 38.5 Å². The van der Waals surface area contributed by atoms with Crippen molar-refractivity contribution in [2.24, 2.45) is 0 Å². The highest BCUT2D eigenvalue weighted by Crippen LogP contribution is 2.22. The molecule has 2 fully saturated rings. The minimum atomic E-state index is 0.308. The summed E-state index contributed by atoms with van der Waals surface area (Å²) in [7, 11) is 0. The number of carbonyl (C=O) groups excluding carboxylic acids is 1. The third-order valence-electron chi connectivity index (χ3n) is 3.39. The predicted octanol–water partition coefficient (Wildman–Crippen LogP) is 1.14. The van der Waals surface area contributed by atoms with Crippen LogP contribution in [-0.4, -0.2) is 36.5 Å². The van der Waals surface area contributed by atoms with Gasteiger partial charge in [0.15, 0.2) is 0 Å². The van der Waals surface area contributed by atoms with E-state index in [4.69, 9.17) is 0 Å². The Bertz CT molecular complexity index is 197. The van der Waals surface area contributed by atoms with E-state index in [1.54, 1.807) is 0 Å². The molecule has 0 radical (unpaired) electrons. The molecule has 1 saturated heterocycles. The first-order chi connectivity index (χ1) is 6.88. The average Bonchev–Trinajstić information content (AvgIpc) is 2.47. The molecule has 0 atom stereocenters. The zero-order chi connectivity index (χ0) is 9.80. The Hall–Kier alpha value is -0.570. The van der Waals surface area contributed by atoms with E-state index in [9.17, 15) is 4.79 Å². The highest BCUT2D eigenvalue weighted by Gasteiger charge is 2.25. The Morgan fingerprint density at radius 3 is 2.50 bits per heavy atom. The lowest BCUT2D eigenvalue weighted by atomic mass is 10.1. The van der Waals surface area contributed by atoms with Gasteiger partial charge in [0.2, 0.25) is 5.91 Å². The molecule has 0 unspecified atom stereocenters. The minimum absolute atomic E-state index is 0.308. The summed E-state index contributed by atoms with van der Waals surface area (Å²) in [6, 6.07) is 0.548. The number of amides is 1. The number of nitrogens with zero attached hydrogens (tertiary/aromatic N) is 1. The van der Waals surface area contributed by atoms with Crippen LogP contribution in [0.3, 0.4) is 0 Å². The van der Waals surface area contributed by atoms with Gasteiger partial charge >= 0.3 is 0 Å². The molecule has 0 aromatic carbocycles. The first kappa shape index (κ1) is 9.97. The second-order valence-electron chi connectivity index (χ2n) is 4.41. The molecular formula is C11H20N2O. The van der Waals surface area contributed by atoms with E-state index in [1.807, 2.05) is 0 Å². The van der Waals surface area contributed by atoms with Crippen molar-refractivity contribution in [1.82, 2.24) is 10.2 Å². The summed E-state index contributed by atoms with van der Waals surface area (Å²) in [5.74, 6) is 0.308. The molecule has 0 aromatic rings. The van der Waals surface area contributed by atoms with Gasteiger partial charge in [-0.1, -0.05) is 25.7 Å². The monoisotopic (exact) mass is 196 g/mol. The smallest absolute Gasteiger partial charge is 0.236 e. The van der Waals surface area contributed by atoms with Crippen molar-refractivity contribution in [2.45, 2.75) is 44.6 Å². The van der Waals surface area contributed by atoms with Crippen molar-refractivity contribution in [3.63, 3.8) is 0 Å². The standard InChI is InChI=1S/C11H20N2O/c14-11-9-12-7-8-13(11)10-5-3-1-2-4-6-10/h10,12H,1-9H2. The predicted molar refractivity (Wildman–Crippen MR) is 56.1 cm³/mol. The molecular weight excluding hydrogens is 176 g/mol. The molecule has 1 aliphatic heterocycles. The van der Waals surface area contributed by atoms with Crippen LogP contribution >= 0.6 is 0 Å². The summed E-state index contributed by atoms with van der Waals surface area (Å²) in [5, 5.41) is 3.13. The van der Waals surface area contributed by atoms with E-state index in [-0.39, 0.29) is 0 Å². The quantitative estimate of drug-likeness (QED) is 0.638. The fraction of sp³-hybridized carbons (Fsp3) is 0.909. The number of carbonyl (C=O) groups is 1. The topological polar surface area (TPSA) is 32.3 Å². The van der Waals surface area contributed by atoms with Crippen molar-refractivity contribution in [2.75, 3.05) is 19.6 Å². The molecule has 1 N–H and O–H groups in total. The lowest BCUT2D eigenvalue weighted by molar-refractivity contribution is -0.134. The SMILES string of the molecule is O=C1CNCCN1C1CCCCCC1. The molecule has 0 bridgehead atoms. The fourth-order valence-corrected chi connectivity index (χ4v) is 2.58. The lowest BCUT2D eigenvalue weighted by Crippen LogP contribution is -2.52. The van der Waals surface area contributed by atoms with Gasteiger partial charge < -0.3 is 10.2 Å². The molecule has 2 rings (SSSR count). The van der Waals surface area contributed by atoms with Gasteiger partial charge in [0, 0.05) is 19.1 Å². The highest BCUT2D eigenvalue weighted by molar-refractivity contribution is 5.79. The normalized spacial score (nSPS) is 26.3. The van der Waals surface area contributed by atoms with Crippen LogP contribution in [0.15, 0.2) is 0 Å². The molecule has 1 heterocycles. The van der Waals surface area contributed by atoms with Crippen LogP contribution in [0.5, 0.6) is 0 Å². The van der Waals surface area contributed by atoms with Gasteiger partial charge in [-0.25, -0.2) is 0 Å². The summed E-state index contributed by atoms with van der Waals surface area (Å²) in [6.07, 6.45) is 7.79. The molecule has 3 heteroatoms. The Kier molecular flexibility index (Phi) is 3.40. The Morgan fingerprint density at radius 2 is 1.86 bits per heavy atom. The van der Waals surface area contributed by atoms with E-state index in [1.165, 1.54) is 38.5 Å². The first-order valence-electron chi connectivity index (χ1n) is 5.88. The van der Waals surface area contributed by atoms with E-state index >= 15 is 0 Å². The van der Waals surface area contributed by atoms with Crippen molar-refractivity contribution in [3.05, 3.63) is 0 Å². The van der Waals surface area contributed by atoms with Gasteiger partial charge in [0.05, 0.1) is 6.54 Å². The van der Waals surface area contributed by atoms with Crippen molar-refractivity contribution in [3.8, 4) is 0 Å². The maximum atomic E-state index is 11.7. The van der Waals surface area contributed by atoms with Gasteiger partial charge in [-0.2, -0.15) is 0 Å².